The van der Waals surface area contributed by atoms with Gasteiger partial charge in [-0.05, 0) is 116 Å². The van der Waals surface area contributed by atoms with Crippen LogP contribution in [0.3, 0.4) is 0 Å². The van der Waals surface area contributed by atoms with Crippen LogP contribution >= 0.6 is 0 Å². The fourth-order valence-corrected chi connectivity index (χ4v) is 11.1. The van der Waals surface area contributed by atoms with E-state index in [0.717, 1.165) is 109 Å². The van der Waals surface area contributed by atoms with Crippen LogP contribution in [0, 0.1) is 0 Å². The highest BCUT2D eigenvalue weighted by Crippen LogP contribution is 2.30. The summed E-state index contributed by atoms with van der Waals surface area (Å²) in [6, 6.07) is -0.951. The molecule has 2 aliphatic rings. The summed E-state index contributed by atoms with van der Waals surface area (Å²) >= 11 is 0. The average molecular weight is 1320 g/mol. The van der Waals surface area contributed by atoms with Crippen molar-refractivity contribution in [2.45, 2.75) is 331 Å². The van der Waals surface area contributed by atoms with E-state index in [1.165, 1.54) is 116 Å². The SMILES string of the molecule is CC/C=C\C/C=C\C/C=C\C/C=C\C/C=C\C/C=C\C/C=C\C/C=C\C/C=C\CCCCCCCCCCCCCC(=O)NC(COC1OC(CO)C(OC2OC(CO)C(O)C(O)C2O)C(O)C1O)C(O)/C=C/CC/C=C/CC/C=C/CCCCCCCCCCCCC. The molecule has 2 heterocycles. The number of rotatable bonds is 59. The highest BCUT2D eigenvalue weighted by molar-refractivity contribution is 5.76. The smallest absolute Gasteiger partial charge is 0.220 e. The number of hydrogen-bond donors (Lipinski definition) is 9. The van der Waals surface area contributed by atoms with Crippen molar-refractivity contribution in [2.75, 3.05) is 19.8 Å². The second-order valence-corrected chi connectivity index (χ2v) is 25.3. The number of aliphatic hydroxyl groups excluding tert-OH is 8. The zero-order valence-electron chi connectivity index (χ0n) is 58.4. The van der Waals surface area contributed by atoms with Gasteiger partial charge in [0.25, 0.3) is 0 Å². The number of allylic oxidation sites excluding steroid dienone is 23. The number of aliphatic hydroxyl groups is 8. The molecule has 536 valence electrons. The number of nitrogens with one attached hydrogen (secondary N) is 1. The Morgan fingerprint density at radius 1 is 0.394 bits per heavy atom. The molecule has 9 N–H and O–H groups in total. The van der Waals surface area contributed by atoms with Crippen molar-refractivity contribution in [1.82, 2.24) is 5.32 Å². The Hall–Kier alpha value is -4.13. The minimum absolute atomic E-state index is 0.257. The third-order valence-corrected chi connectivity index (χ3v) is 17.0. The Labute approximate surface area is 570 Å². The number of hydrogen-bond acceptors (Lipinski definition) is 13. The molecule has 0 spiro atoms. The number of amides is 1. The Bertz CT molecular complexity index is 2140. The van der Waals surface area contributed by atoms with Gasteiger partial charge in [-0.1, -0.05) is 282 Å². The molecule has 2 fully saturated rings. The van der Waals surface area contributed by atoms with Crippen molar-refractivity contribution < 1.29 is 64.6 Å². The monoisotopic (exact) mass is 1320 g/mol. The van der Waals surface area contributed by atoms with E-state index in [0.29, 0.717) is 12.8 Å². The molecule has 2 aliphatic heterocycles. The van der Waals surface area contributed by atoms with Crippen molar-refractivity contribution in [1.29, 1.82) is 0 Å². The number of ether oxygens (including phenoxy) is 4. The van der Waals surface area contributed by atoms with Gasteiger partial charge in [0, 0.05) is 6.42 Å². The summed E-state index contributed by atoms with van der Waals surface area (Å²) in [5, 5.41) is 87.5. The van der Waals surface area contributed by atoms with Crippen LogP contribution in [0.5, 0.6) is 0 Å². The van der Waals surface area contributed by atoms with Gasteiger partial charge < -0.3 is 65.1 Å². The number of carbonyl (C=O) groups is 1. The van der Waals surface area contributed by atoms with E-state index in [1.807, 2.05) is 6.08 Å². The highest BCUT2D eigenvalue weighted by Gasteiger charge is 2.51. The second-order valence-electron chi connectivity index (χ2n) is 25.3. The molecule has 0 bridgehead atoms. The summed E-state index contributed by atoms with van der Waals surface area (Å²) in [6.07, 6.45) is 77.6. The van der Waals surface area contributed by atoms with Crippen molar-refractivity contribution in [3.05, 3.63) is 146 Å². The first-order valence-electron chi connectivity index (χ1n) is 37.1. The maximum absolute atomic E-state index is 13.3. The molecule has 0 radical (unpaired) electrons. The van der Waals surface area contributed by atoms with E-state index in [9.17, 15) is 45.6 Å². The maximum Gasteiger partial charge on any atom is 0.220 e. The lowest BCUT2D eigenvalue weighted by Gasteiger charge is -2.46. The molecule has 14 heteroatoms. The van der Waals surface area contributed by atoms with Crippen LogP contribution in [0.2, 0.25) is 0 Å². The quantitative estimate of drug-likeness (QED) is 0.0204. The molecule has 0 aliphatic carbocycles. The van der Waals surface area contributed by atoms with Gasteiger partial charge in [-0.15, -0.1) is 0 Å². The summed E-state index contributed by atoms with van der Waals surface area (Å²) in [6.45, 7) is 2.66. The predicted octanol–water partition coefficient (Wildman–Crippen LogP) is 16.0. The average Bonchev–Trinajstić information content (AvgIpc) is 0.794. The Balaban J connectivity index is 1.65. The van der Waals surface area contributed by atoms with E-state index in [-0.39, 0.29) is 18.9 Å². The van der Waals surface area contributed by atoms with E-state index in [1.54, 1.807) is 6.08 Å². The van der Waals surface area contributed by atoms with Gasteiger partial charge in [0.15, 0.2) is 12.6 Å². The summed E-state index contributed by atoms with van der Waals surface area (Å²) in [5.41, 5.74) is 0. The third-order valence-electron chi connectivity index (χ3n) is 17.0. The summed E-state index contributed by atoms with van der Waals surface area (Å²) in [7, 11) is 0. The van der Waals surface area contributed by atoms with E-state index >= 15 is 0 Å². The number of unbranched alkanes of at least 4 members (excludes halogenated alkanes) is 24. The largest absolute Gasteiger partial charge is 0.394 e. The van der Waals surface area contributed by atoms with E-state index < -0.39 is 86.8 Å². The second kappa shape index (κ2) is 62.4. The molecule has 0 saturated carbocycles. The van der Waals surface area contributed by atoms with Gasteiger partial charge in [-0.2, -0.15) is 0 Å². The van der Waals surface area contributed by atoms with Crippen LogP contribution < -0.4 is 5.32 Å². The first-order chi connectivity index (χ1) is 46.1. The third kappa shape index (κ3) is 45.4. The van der Waals surface area contributed by atoms with Crippen LogP contribution in [0.1, 0.15) is 258 Å². The lowest BCUT2D eigenvalue weighted by atomic mass is 9.97. The van der Waals surface area contributed by atoms with Crippen molar-refractivity contribution in [2.24, 2.45) is 0 Å². The van der Waals surface area contributed by atoms with Gasteiger partial charge in [-0.3, -0.25) is 4.79 Å². The van der Waals surface area contributed by atoms with Gasteiger partial charge in [-0.25, -0.2) is 0 Å². The van der Waals surface area contributed by atoms with Gasteiger partial charge in [0.1, 0.15) is 48.8 Å². The topological polar surface area (TPSA) is 228 Å². The van der Waals surface area contributed by atoms with Crippen LogP contribution in [-0.4, -0.2) is 140 Å². The van der Waals surface area contributed by atoms with Gasteiger partial charge >= 0.3 is 0 Å². The fourth-order valence-electron chi connectivity index (χ4n) is 11.1. The van der Waals surface area contributed by atoms with Gasteiger partial charge in [0.2, 0.25) is 5.91 Å². The minimum atomic E-state index is -1.80. The maximum atomic E-state index is 13.3. The molecule has 12 unspecified atom stereocenters. The zero-order chi connectivity index (χ0) is 68.0. The summed E-state index contributed by atoms with van der Waals surface area (Å²) in [4.78, 5) is 13.3. The first kappa shape index (κ1) is 86.0. The molecule has 0 aromatic carbocycles. The zero-order valence-corrected chi connectivity index (χ0v) is 58.4. The lowest BCUT2D eigenvalue weighted by Crippen LogP contribution is -2.65. The van der Waals surface area contributed by atoms with Crippen LogP contribution in [0.15, 0.2) is 146 Å². The van der Waals surface area contributed by atoms with Gasteiger partial charge in [0.05, 0.1) is 32.0 Å². The molecule has 1 amide bonds. The molecular weight excluding hydrogens is 1180 g/mol. The van der Waals surface area contributed by atoms with Crippen LogP contribution in [0.25, 0.3) is 0 Å². The fraction of sp³-hybridized carbons (Fsp3) is 0.688. The normalized spacial score (nSPS) is 23.3. The Kier molecular flexibility index (Phi) is 57.1. The predicted molar refractivity (Wildman–Crippen MR) is 387 cm³/mol. The lowest BCUT2D eigenvalue weighted by molar-refractivity contribution is -0.359. The molecule has 2 saturated heterocycles. The first-order valence-corrected chi connectivity index (χ1v) is 37.1. The molecular formula is C80H133NO13. The van der Waals surface area contributed by atoms with E-state index in [4.69, 9.17) is 18.9 Å². The summed E-state index contributed by atoms with van der Waals surface area (Å²) < 4.78 is 22.8. The minimum Gasteiger partial charge on any atom is -0.394 e. The van der Waals surface area contributed by atoms with Crippen molar-refractivity contribution in [3.8, 4) is 0 Å². The summed E-state index contributed by atoms with van der Waals surface area (Å²) in [5.74, 6) is -0.261. The molecule has 0 aromatic heterocycles. The molecule has 12 atom stereocenters. The van der Waals surface area contributed by atoms with Crippen LogP contribution in [-0.2, 0) is 23.7 Å². The molecule has 2 rings (SSSR count). The molecule has 94 heavy (non-hydrogen) atoms. The number of carbonyl (C=O) groups excluding carboxylic acids is 1. The Morgan fingerprint density at radius 3 is 1.17 bits per heavy atom. The highest BCUT2D eigenvalue weighted by atomic mass is 16.7. The standard InChI is InChI=1S/C80H133NO13/c1-3-5-7-9-11-13-15-17-19-21-23-25-26-27-28-29-30-31-32-33-34-35-36-37-38-39-40-41-42-44-46-48-50-52-54-56-58-60-62-64-72(85)81-68(69(84)63-61-59-57-55-53-51-49-47-45-43-24-22-20-18-16-14-12-10-8-6-4-2)67-91-79-77(90)75(88)78(71(66-83)93-79)94-80-76(89)74(87)73(86)70(65-82)92-80/h5,7,11,13,17,19,23,25,27-28,30-31,33-34,36-37,39-40,45,47,53,55,61,63,68-71,73-80,82-84,86-90H,3-4,6,8-10,12,14-16,18,20-22,24,26,29,32,35,38,41-44,46,48-52,54,56-60,62,64-67H2,1-2H3,(H,81,85)/b7-5-,13-11-,19-17-,25-23-,28-27-,31-30-,34-33-,37-36-,40-39-,47-45+,55-53+,63-61+. The van der Waals surface area contributed by atoms with E-state index in [2.05, 4.69) is 153 Å². The van der Waals surface area contributed by atoms with Crippen molar-refractivity contribution in [3.63, 3.8) is 0 Å². The molecule has 0 aromatic rings. The Morgan fingerprint density at radius 2 is 0.745 bits per heavy atom. The molecule has 14 nitrogen and oxygen atoms in total. The van der Waals surface area contributed by atoms with Crippen LogP contribution in [0.4, 0.5) is 0 Å². The van der Waals surface area contributed by atoms with Crippen molar-refractivity contribution >= 4 is 5.91 Å².